The quantitative estimate of drug-likeness (QED) is 0.0356. The number of hydrogen-bond acceptors (Lipinski definition) is 8. The lowest BCUT2D eigenvalue weighted by atomic mass is 9.70. The second kappa shape index (κ2) is 37.6. The molecular weight excluding hydrogens is 717 g/mol. The number of unbranched alkanes of at least 4 members (excludes halogenated alkanes) is 23. The van der Waals surface area contributed by atoms with Crippen LogP contribution in [0.15, 0.2) is 11.5 Å². The van der Waals surface area contributed by atoms with Crippen LogP contribution in [0.3, 0.4) is 0 Å². The van der Waals surface area contributed by atoms with Crippen LogP contribution in [0.1, 0.15) is 253 Å². The summed E-state index contributed by atoms with van der Waals surface area (Å²) in [6.07, 6.45) is 32.5. The third-order valence-electron chi connectivity index (χ3n) is 11.8. The number of aliphatic hydroxyl groups is 4. The zero-order valence-electron chi connectivity index (χ0n) is 38.5. The van der Waals surface area contributed by atoms with Crippen LogP contribution < -0.4 is 0 Å². The summed E-state index contributed by atoms with van der Waals surface area (Å²) in [6, 6.07) is 0. The Labute approximate surface area is 352 Å². The van der Waals surface area contributed by atoms with Crippen molar-refractivity contribution in [2.24, 2.45) is 0 Å². The van der Waals surface area contributed by atoms with Crippen LogP contribution in [0.2, 0.25) is 0 Å². The average molecular weight is 813 g/mol. The molecule has 8 nitrogen and oxygen atoms in total. The summed E-state index contributed by atoms with van der Waals surface area (Å²) >= 11 is 0. The highest BCUT2D eigenvalue weighted by atomic mass is 16.6. The van der Waals surface area contributed by atoms with Crippen molar-refractivity contribution in [3.05, 3.63) is 11.5 Å². The first-order valence-electron chi connectivity index (χ1n) is 24.6. The molecule has 57 heavy (non-hydrogen) atoms. The van der Waals surface area contributed by atoms with E-state index in [4.69, 9.17) is 24.4 Å². The summed E-state index contributed by atoms with van der Waals surface area (Å²) in [5, 5.41) is 41.8. The van der Waals surface area contributed by atoms with Gasteiger partial charge in [0.2, 0.25) is 11.4 Å². The molecule has 0 aliphatic carbocycles. The van der Waals surface area contributed by atoms with Gasteiger partial charge in [0, 0.05) is 6.61 Å². The maximum Gasteiger partial charge on any atom is 0.378 e. The Hall–Kier alpha value is -1.35. The number of ether oxygens (including phenoxy) is 3. The fraction of sp³-hybridized carbons (Fsp3) is 0.939. The van der Waals surface area contributed by atoms with Crippen molar-refractivity contribution < 1.29 is 39.4 Å². The van der Waals surface area contributed by atoms with Gasteiger partial charge in [0.05, 0.1) is 25.4 Å². The Morgan fingerprint density at radius 3 is 1.51 bits per heavy atom. The second-order valence-corrected chi connectivity index (χ2v) is 17.0. The van der Waals surface area contributed by atoms with E-state index in [2.05, 4.69) is 41.5 Å². The highest BCUT2D eigenvalue weighted by molar-refractivity contribution is 5.90. The summed E-state index contributed by atoms with van der Waals surface area (Å²) in [6.45, 7) is 13.9. The van der Waals surface area contributed by atoms with E-state index in [1.54, 1.807) is 0 Å². The molecule has 0 fully saturated rings. The van der Waals surface area contributed by atoms with Crippen LogP contribution in [0.4, 0.5) is 0 Å². The van der Waals surface area contributed by atoms with E-state index in [-0.39, 0.29) is 18.1 Å². The smallest absolute Gasteiger partial charge is 0.378 e. The molecule has 0 amide bonds. The van der Waals surface area contributed by atoms with Gasteiger partial charge in [0.25, 0.3) is 0 Å². The number of esters is 1. The molecule has 8 heteroatoms. The van der Waals surface area contributed by atoms with Gasteiger partial charge in [-0.3, -0.25) is 0 Å². The lowest BCUT2D eigenvalue weighted by molar-refractivity contribution is -0.239. The molecule has 2 unspecified atom stereocenters. The van der Waals surface area contributed by atoms with Gasteiger partial charge >= 0.3 is 5.97 Å². The van der Waals surface area contributed by atoms with Crippen molar-refractivity contribution in [1.29, 1.82) is 0 Å². The molecule has 1 aliphatic heterocycles. The van der Waals surface area contributed by atoms with Crippen molar-refractivity contribution in [2.75, 3.05) is 19.8 Å². The van der Waals surface area contributed by atoms with Crippen molar-refractivity contribution in [3.8, 4) is 0 Å². The van der Waals surface area contributed by atoms with Gasteiger partial charge in [-0.2, -0.15) is 0 Å². The minimum absolute atomic E-state index is 0.0678. The molecule has 0 bridgehead atoms. The summed E-state index contributed by atoms with van der Waals surface area (Å²) in [7, 11) is 0. The maximum atomic E-state index is 13.6. The van der Waals surface area contributed by atoms with Gasteiger partial charge in [-0.1, -0.05) is 208 Å². The Kier molecular flexibility index (Phi) is 36.7. The second-order valence-electron chi connectivity index (χ2n) is 17.0. The molecular formula is C49H96O8. The van der Waals surface area contributed by atoms with Crippen LogP contribution >= 0.6 is 0 Å². The monoisotopic (exact) mass is 813 g/mol. The zero-order chi connectivity index (χ0) is 42.5. The highest BCUT2D eigenvalue weighted by Crippen LogP contribution is 2.51. The Morgan fingerprint density at radius 2 is 0.982 bits per heavy atom. The average Bonchev–Trinajstić information content (AvgIpc) is 3.46. The van der Waals surface area contributed by atoms with Gasteiger partial charge < -0.3 is 34.6 Å². The lowest BCUT2D eigenvalue weighted by Crippen LogP contribution is -2.64. The molecule has 0 aromatic rings. The molecule has 340 valence electrons. The fourth-order valence-corrected chi connectivity index (χ4v) is 8.13. The van der Waals surface area contributed by atoms with Crippen molar-refractivity contribution in [2.45, 2.75) is 277 Å². The first-order valence-corrected chi connectivity index (χ1v) is 24.6. The number of carbonyl (C=O) groups is 1. The van der Waals surface area contributed by atoms with Gasteiger partial charge in [0.1, 0.15) is 5.60 Å². The van der Waals surface area contributed by atoms with Crippen LogP contribution in [0.5, 0.6) is 0 Å². The number of cyclic esters (lactones) is 1. The molecule has 1 aliphatic rings. The van der Waals surface area contributed by atoms with E-state index in [1.165, 1.54) is 57.8 Å². The van der Waals surface area contributed by atoms with Crippen LogP contribution in [-0.2, 0) is 19.0 Å². The first-order chi connectivity index (χ1) is 27.7. The SMILES string of the molecule is CCCCCCCC(O)CO.CCCCCCCCCC[C@]1([C@@](CCCCCC)(OCCCCCC)C(O)CCCCCC)OC(=O)C(OCCCCCC)=C1O. The molecule has 0 aromatic heterocycles. The van der Waals surface area contributed by atoms with Crippen molar-refractivity contribution in [1.82, 2.24) is 0 Å². The molecule has 1 rings (SSSR count). The standard InChI is InChI=1S/C40H76O6.C9H20O2/c1-6-11-16-21-22-23-24-27-32-40(37(42)36(38(43)46-40)44-33-28-19-14-9-4)39(31-26-18-13-8-3,45-34-29-20-15-10-5)35(41)30-25-17-12-7-2;1-2-3-4-5-6-7-9(11)8-10/h35,41-42H,6-34H2,1-5H3;9-11H,2-8H2,1H3/t35?,39-,40-;/m0./s1. The molecule has 0 aromatic carbocycles. The third kappa shape index (κ3) is 23.3. The van der Waals surface area contributed by atoms with E-state index in [9.17, 15) is 15.0 Å². The number of carbonyl (C=O) groups excluding carboxylic acids is 1. The molecule has 4 atom stereocenters. The number of rotatable bonds is 40. The predicted molar refractivity (Wildman–Crippen MR) is 239 cm³/mol. The van der Waals surface area contributed by atoms with Crippen LogP contribution in [-0.4, -0.2) is 69.6 Å². The van der Waals surface area contributed by atoms with Gasteiger partial charge in [-0.15, -0.1) is 0 Å². The predicted octanol–water partition coefficient (Wildman–Crippen LogP) is 13.5. The maximum absolute atomic E-state index is 13.6. The van der Waals surface area contributed by atoms with Gasteiger partial charge in [-0.05, 0) is 44.9 Å². The van der Waals surface area contributed by atoms with Gasteiger partial charge in [-0.25, -0.2) is 4.79 Å². The number of aliphatic hydroxyl groups excluding tert-OH is 4. The third-order valence-corrected chi connectivity index (χ3v) is 11.8. The van der Waals surface area contributed by atoms with E-state index < -0.39 is 29.4 Å². The Morgan fingerprint density at radius 1 is 0.561 bits per heavy atom. The largest absolute Gasteiger partial charge is 0.505 e. The summed E-state index contributed by atoms with van der Waals surface area (Å²) in [5.41, 5.74) is -2.68. The van der Waals surface area contributed by atoms with E-state index in [1.807, 2.05) is 0 Å². The van der Waals surface area contributed by atoms with Crippen molar-refractivity contribution >= 4 is 5.97 Å². The van der Waals surface area contributed by atoms with Crippen molar-refractivity contribution in [3.63, 3.8) is 0 Å². The fourth-order valence-electron chi connectivity index (χ4n) is 8.13. The highest BCUT2D eigenvalue weighted by Gasteiger charge is 2.66. The van der Waals surface area contributed by atoms with E-state index in [0.29, 0.717) is 32.5 Å². The molecule has 0 spiro atoms. The zero-order valence-corrected chi connectivity index (χ0v) is 38.5. The molecule has 0 radical (unpaired) electrons. The molecule has 1 heterocycles. The Bertz CT molecular complexity index is 940. The summed E-state index contributed by atoms with van der Waals surface area (Å²) < 4.78 is 19.3. The first kappa shape index (κ1) is 55.7. The lowest BCUT2D eigenvalue weighted by Gasteiger charge is -2.49. The molecule has 4 N–H and O–H groups in total. The topological polar surface area (TPSA) is 126 Å². The van der Waals surface area contributed by atoms with Crippen LogP contribution in [0, 0.1) is 0 Å². The normalized spacial score (nSPS) is 17.6. The molecule has 0 saturated carbocycles. The Balaban J connectivity index is 0.00000246. The summed E-state index contributed by atoms with van der Waals surface area (Å²) in [5.74, 6) is -0.826. The minimum atomic E-state index is -1.45. The van der Waals surface area contributed by atoms with Gasteiger partial charge in [0.15, 0.2) is 5.76 Å². The summed E-state index contributed by atoms with van der Waals surface area (Å²) in [4.78, 5) is 13.6. The minimum Gasteiger partial charge on any atom is -0.505 e. The van der Waals surface area contributed by atoms with E-state index in [0.717, 1.165) is 135 Å². The van der Waals surface area contributed by atoms with E-state index >= 15 is 0 Å². The number of hydrogen-bond donors (Lipinski definition) is 4. The van der Waals surface area contributed by atoms with Crippen LogP contribution in [0.25, 0.3) is 0 Å². The molecule has 0 saturated heterocycles.